The van der Waals surface area contributed by atoms with Gasteiger partial charge >= 0.3 is 0 Å². The molecule has 0 spiro atoms. The van der Waals surface area contributed by atoms with Crippen LogP contribution in [0.1, 0.15) is 18.0 Å². The zero-order valence-corrected chi connectivity index (χ0v) is 14.1. The van der Waals surface area contributed by atoms with Crippen molar-refractivity contribution in [2.45, 2.75) is 22.3 Å². The first kappa shape index (κ1) is 16.7. The fourth-order valence-electron chi connectivity index (χ4n) is 2.39. The van der Waals surface area contributed by atoms with Gasteiger partial charge < -0.3 is 0 Å². The third-order valence-corrected chi connectivity index (χ3v) is 6.34. The van der Waals surface area contributed by atoms with E-state index >= 15 is 0 Å². The number of hydrogen-bond acceptors (Lipinski definition) is 3. The number of benzene rings is 2. The number of hydrogen-bond donors (Lipinski definition) is 1. The second kappa shape index (κ2) is 6.39. The molecule has 0 amide bonds. The molecule has 1 N–H and O–H groups in total. The zero-order chi connectivity index (χ0) is 16.6. The lowest BCUT2D eigenvalue weighted by molar-refractivity contribution is 0.503. The molecular formula is C15H12ClF2NO2S2. The Hall–Kier alpha value is -1.15. The SMILES string of the molecule is O=S(=O)(N[C@H]1CCSc2ccc(Cl)cc21)c1ccc(F)c(F)c1. The van der Waals surface area contributed by atoms with Gasteiger partial charge in [-0.05, 0) is 54.1 Å². The zero-order valence-electron chi connectivity index (χ0n) is 11.7. The highest BCUT2D eigenvalue weighted by atomic mass is 35.5. The first-order valence-corrected chi connectivity index (χ1v) is 9.61. The lowest BCUT2D eigenvalue weighted by Crippen LogP contribution is -2.30. The lowest BCUT2D eigenvalue weighted by Gasteiger charge is -2.26. The summed E-state index contributed by atoms with van der Waals surface area (Å²) < 4.78 is 53.7. The number of halogens is 3. The summed E-state index contributed by atoms with van der Waals surface area (Å²) >= 11 is 7.61. The van der Waals surface area contributed by atoms with E-state index in [1.54, 1.807) is 23.9 Å². The smallest absolute Gasteiger partial charge is 0.207 e. The molecule has 2 aromatic rings. The van der Waals surface area contributed by atoms with Crippen LogP contribution in [0.15, 0.2) is 46.2 Å². The van der Waals surface area contributed by atoms with Crippen LogP contribution in [0.4, 0.5) is 8.78 Å². The molecular weight excluding hydrogens is 364 g/mol. The van der Waals surface area contributed by atoms with Crippen LogP contribution in [0.25, 0.3) is 0 Å². The predicted molar refractivity (Wildman–Crippen MR) is 86.2 cm³/mol. The van der Waals surface area contributed by atoms with Crippen LogP contribution in [0.3, 0.4) is 0 Å². The molecule has 1 atom stereocenters. The molecule has 0 bridgehead atoms. The van der Waals surface area contributed by atoms with Gasteiger partial charge in [0, 0.05) is 16.0 Å². The molecule has 1 aliphatic rings. The minimum Gasteiger partial charge on any atom is -0.207 e. The maximum absolute atomic E-state index is 13.3. The fourth-order valence-corrected chi connectivity index (χ4v) is 4.93. The topological polar surface area (TPSA) is 46.2 Å². The minimum absolute atomic E-state index is 0.307. The Labute approximate surface area is 142 Å². The Bertz CT molecular complexity index is 859. The molecule has 0 saturated carbocycles. The van der Waals surface area contributed by atoms with E-state index < -0.39 is 27.7 Å². The molecule has 1 aliphatic heterocycles. The highest BCUT2D eigenvalue weighted by molar-refractivity contribution is 7.99. The Balaban J connectivity index is 1.93. The van der Waals surface area contributed by atoms with Gasteiger partial charge in [0.05, 0.1) is 4.90 Å². The van der Waals surface area contributed by atoms with Crippen molar-refractivity contribution >= 4 is 33.4 Å². The molecule has 0 saturated heterocycles. The molecule has 23 heavy (non-hydrogen) atoms. The minimum atomic E-state index is -3.96. The number of sulfonamides is 1. The van der Waals surface area contributed by atoms with Crippen LogP contribution in [-0.4, -0.2) is 14.2 Å². The molecule has 3 nitrogen and oxygen atoms in total. The molecule has 122 valence electrons. The monoisotopic (exact) mass is 375 g/mol. The Morgan fingerprint density at radius 2 is 1.91 bits per heavy atom. The normalized spacial score (nSPS) is 17.8. The van der Waals surface area contributed by atoms with Crippen molar-refractivity contribution in [3.8, 4) is 0 Å². The largest absolute Gasteiger partial charge is 0.241 e. The van der Waals surface area contributed by atoms with Gasteiger partial charge in [-0.3, -0.25) is 0 Å². The third kappa shape index (κ3) is 3.52. The predicted octanol–water partition coefficient (Wildman–Crippen LogP) is 4.13. The summed E-state index contributed by atoms with van der Waals surface area (Å²) in [5.41, 5.74) is 0.792. The molecule has 0 unspecified atom stereocenters. The molecule has 0 radical (unpaired) electrons. The highest BCUT2D eigenvalue weighted by Gasteiger charge is 2.27. The Morgan fingerprint density at radius 1 is 1.13 bits per heavy atom. The average molecular weight is 376 g/mol. The Morgan fingerprint density at radius 3 is 2.65 bits per heavy atom. The summed E-state index contributed by atoms with van der Waals surface area (Å²) in [5, 5.41) is 0.517. The molecule has 3 rings (SSSR count). The first-order chi connectivity index (χ1) is 10.9. The van der Waals surface area contributed by atoms with Crippen LogP contribution in [0.2, 0.25) is 5.02 Å². The molecule has 0 aromatic heterocycles. The first-order valence-electron chi connectivity index (χ1n) is 6.76. The standard InChI is InChI=1S/C15H12ClF2NO2S2/c16-9-1-4-15-11(7-9)14(5-6-22-15)19-23(20,21)10-2-3-12(17)13(18)8-10/h1-4,7-8,14,19H,5-6H2/t14-/m0/s1. The summed E-state index contributed by atoms with van der Waals surface area (Å²) in [6.45, 7) is 0. The van der Waals surface area contributed by atoms with E-state index in [-0.39, 0.29) is 4.90 Å². The Kier molecular flexibility index (Phi) is 4.64. The fraction of sp³-hybridized carbons (Fsp3) is 0.200. The van der Waals surface area contributed by atoms with Crippen molar-refractivity contribution < 1.29 is 17.2 Å². The second-order valence-electron chi connectivity index (χ2n) is 5.07. The van der Waals surface area contributed by atoms with Gasteiger partial charge in [0.2, 0.25) is 10.0 Å². The number of thioether (sulfide) groups is 1. The van der Waals surface area contributed by atoms with Gasteiger partial charge in [-0.1, -0.05) is 11.6 Å². The van der Waals surface area contributed by atoms with E-state index in [0.29, 0.717) is 17.5 Å². The van der Waals surface area contributed by atoms with E-state index in [2.05, 4.69) is 4.72 Å². The molecule has 0 aliphatic carbocycles. The van der Waals surface area contributed by atoms with Gasteiger partial charge in [-0.2, -0.15) is 0 Å². The van der Waals surface area contributed by atoms with Crippen molar-refractivity contribution in [1.29, 1.82) is 0 Å². The third-order valence-electron chi connectivity index (χ3n) is 3.51. The summed E-state index contributed by atoms with van der Waals surface area (Å²) in [6.07, 6.45) is 0.584. The maximum Gasteiger partial charge on any atom is 0.241 e. The highest BCUT2D eigenvalue weighted by Crippen LogP contribution is 2.38. The molecule has 2 aromatic carbocycles. The maximum atomic E-state index is 13.3. The van der Waals surface area contributed by atoms with Crippen molar-refractivity contribution in [1.82, 2.24) is 4.72 Å². The van der Waals surface area contributed by atoms with Crippen LogP contribution in [0, 0.1) is 11.6 Å². The number of nitrogens with one attached hydrogen (secondary N) is 1. The summed E-state index contributed by atoms with van der Waals surface area (Å²) in [5.74, 6) is -1.54. The average Bonchev–Trinajstić information content (AvgIpc) is 2.50. The van der Waals surface area contributed by atoms with E-state index in [1.165, 1.54) is 0 Å². The molecule has 1 heterocycles. The van der Waals surface area contributed by atoms with E-state index in [9.17, 15) is 17.2 Å². The van der Waals surface area contributed by atoms with Gasteiger partial charge in [-0.25, -0.2) is 21.9 Å². The van der Waals surface area contributed by atoms with Crippen LogP contribution < -0.4 is 4.72 Å². The van der Waals surface area contributed by atoms with E-state index in [4.69, 9.17) is 11.6 Å². The summed E-state index contributed by atoms with van der Waals surface area (Å²) in [7, 11) is -3.96. The molecule has 0 fully saturated rings. The van der Waals surface area contributed by atoms with Gasteiger partial charge in [0.25, 0.3) is 0 Å². The number of rotatable bonds is 3. The van der Waals surface area contributed by atoms with Crippen LogP contribution in [0.5, 0.6) is 0 Å². The summed E-state index contributed by atoms with van der Waals surface area (Å²) in [6, 6.07) is 7.38. The van der Waals surface area contributed by atoms with Crippen molar-refractivity contribution in [3.05, 3.63) is 58.6 Å². The van der Waals surface area contributed by atoms with Crippen LogP contribution >= 0.6 is 23.4 Å². The lowest BCUT2D eigenvalue weighted by atomic mass is 10.1. The quantitative estimate of drug-likeness (QED) is 0.877. The summed E-state index contributed by atoms with van der Waals surface area (Å²) in [4.78, 5) is 0.650. The van der Waals surface area contributed by atoms with Gasteiger partial charge in [-0.15, -0.1) is 11.8 Å². The second-order valence-corrected chi connectivity index (χ2v) is 8.36. The van der Waals surface area contributed by atoms with Crippen molar-refractivity contribution in [2.75, 3.05) is 5.75 Å². The van der Waals surface area contributed by atoms with Gasteiger partial charge in [0.15, 0.2) is 11.6 Å². The molecule has 8 heteroatoms. The van der Waals surface area contributed by atoms with E-state index in [0.717, 1.165) is 28.3 Å². The van der Waals surface area contributed by atoms with Crippen LogP contribution in [-0.2, 0) is 10.0 Å². The van der Waals surface area contributed by atoms with Crippen molar-refractivity contribution in [3.63, 3.8) is 0 Å². The van der Waals surface area contributed by atoms with Crippen molar-refractivity contribution in [2.24, 2.45) is 0 Å². The number of fused-ring (bicyclic) bond motifs is 1. The van der Waals surface area contributed by atoms with Gasteiger partial charge in [0.1, 0.15) is 0 Å². The van der Waals surface area contributed by atoms with E-state index in [1.807, 2.05) is 6.07 Å².